The van der Waals surface area contributed by atoms with Crippen LogP contribution in [0, 0.1) is 0 Å². The molecule has 1 heterocycles. The predicted molar refractivity (Wildman–Crippen MR) is 70.7 cm³/mol. The normalized spacial score (nSPS) is 20.4. The van der Waals surface area contributed by atoms with E-state index in [0.29, 0.717) is 19.5 Å². The van der Waals surface area contributed by atoms with Gasteiger partial charge in [0.25, 0.3) is 0 Å². The first kappa shape index (κ1) is 15.4. The van der Waals surface area contributed by atoms with Crippen LogP contribution >= 0.6 is 0 Å². The van der Waals surface area contributed by atoms with Crippen molar-refractivity contribution in [2.45, 2.75) is 32.2 Å². The molecule has 0 radical (unpaired) electrons. The highest BCUT2D eigenvalue weighted by atomic mass is 32.2. The van der Waals surface area contributed by atoms with Crippen molar-refractivity contribution in [1.29, 1.82) is 0 Å². The van der Waals surface area contributed by atoms with E-state index in [-0.39, 0.29) is 11.9 Å². The van der Waals surface area contributed by atoms with Crippen LogP contribution in [0.3, 0.4) is 0 Å². The molecule has 7 heteroatoms. The molecule has 1 unspecified atom stereocenters. The van der Waals surface area contributed by atoms with Gasteiger partial charge in [-0.2, -0.15) is 0 Å². The van der Waals surface area contributed by atoms with Crippen molar-refractivity contribution in [3.63, 3.8) is 0 Å². The van der Waals surface area contributed by atoms with Crippen molar-refractivity contribution >= 4 is 15.9 Å². The average molecular weight is 277 g/mol. The maximum Gasteiger partial charge on any atom is 0.220 e. The fraction of sp³-hybridized carbons (Fsp3) is 0.909. The topological polar surface area (TPSA) is 78.5 Å². The van der Waals surface area contributed by atoms with Crippen LogP contribution < -0.4 is 10.6 Å². The summed E-state index contributed by atoms with van der Waals surface area (Å²) in [5.41, 5.74) is 0. The Bertz CT molecular complexity index is 370. The van der Waals surface area contributed by atoms with Crippen LogP contribution in [0.4, 0.5) is 0 Å². The van der Waals surface area contributed by atoms with E-state index >= 15 is 0 Å². The molecule has 0 aliphatic carbocycles. The van der Waals surface area contributed by atoms with Gasteiger partial charge in [-0.3, -0.25) is 4.79 Å². The summed E-state index contributed by atoms with van der Waals surface area (Å²) in [5.74, 6) is 0.121. The lowest BCUT2D eigenvalue weighted by Gasteiger charge is -2.18. The molecular formula is C11H23N3O3S. The maximum absolute atomic E-state index is 11.3. The summed E-state index contributed by atoms with van der Waals surface area (Å²) in [5, 5.41) is 6.12. The second-order valence-electron chi connectivity index (χ2n) is 4.62. The number of nitrogens with one attached hydrogen (secondary N) is 2. The van der Waals surface area contributed by atoms with Gasteiger partial charge in [0.2, 0.25) is 15.9 Å². The first-order valence-electron chi connectivity index (χ1n) is 6.38. The van der Waals surface area contributed by atoms with E-state index in [1.165, 1.54) is 10.6 Å². The fourth-order valence-corrected chi connectivity index (χ4v) is 2.98. The molecule has 0 bridgehead atoms. The number of hydrogen-bond acceptors (Lipinski definition) is 4. The highest BCUT2D eigenvalue weighted by Gasteiger charge is 2.19. The number of amides is 1. The molecule has 2 N–H and O–H groups in total. The summed E-state index contributed by atoms with van der Waals surface area (Å²) in [6.07, 6.45) is 3.51. The van der Waals surface area contributed by atoms with Gasteiger partial charge in [-0.05, 0) is 19.4 Å². The van der Waals surface area contributed by atoms with Crippen LogP contribution in [0.5, 0.6) is 0 Å². The molecular weight excluding hydrogens is 254 g/mol. The monoisotopic (exact) mass is 277 g/mol. The summed E-state index contributed by atoms with van der Waals surface area (Å²) in [6.45, 7) is 4.41. The van der Waals surface area contributed by atoms with Gasteiger partial charge >= 0.3 is 0 Å². The zero-order chi connectivity index (χ0) is 13.6. The first-order chi connectivity index (χ1) is 8.43. The second kappa shape index (κ2) is 7.06. The largest absolute Gasteiger partial charge is 0.352 e. The van der Waals surface area contributed by atoms with E-state index in [9.17, 15) is 13.2 Å². The van der Waals surface area contributed by atoms with E-state index < -0.39 is 10.0 Å². The van der Waals surface area contributed by atoms with E-state index in [1.54, 1.807) is 0 Å². The van der Waals surface area contributed by atoms with Gasteiger partial charge in [0.1, 0.15) is 0 Å². The number of sulfonamides is 1. The minimum atomic E-state index is -3.08. The molecule has 1 saturated heterocycles. The van der Waals surface area contributed by atoms with E-state index in [4.69, 9.17) is 0 Å². The lowest BCUT2D eigenvalue weighted by Crippen LogP contribution is -2.37. The van der Waals surface area contributed by atoms with Gasteiger partial charge in [0, 0.05) is 32.1 Å². The Balaban J connectivity index is 2.09. The molecule has 6 nitrogen and oxygen atoms in total. The van der Waals surface area contributed by atoms with Gasteiger partial charge in [-0.1, -0.05) is 6.92 Å². The minimum absolute atomic E-state index is 0.121. The van der Waals surface area contributed by atoms with Crippen LogP contribution in [0.25, 0.3) is 0 Å². The van der Waals surface area contributed by atoms with Crippen LogP contribution in [-0.4, -0.2) is 57.1 Å². The number of hydrogen-bond donors (Lipinski definition) is 2. The molecule has 1 amide bonds. The van der Waals surface area contributed by atoms with Crippen LogP contribution in [-0.2, 0) is 14.8 Å². The Morgan fingerprint density at radius 1 is 1.50 bits per heavy atom. The van der Waals surface area contributed by atoms with E-state index in [1.807, 2.05) is 6.92 Å². The molecule has 0 spiro atoms. The Labute approximate surface area is 109 Å². The van der Waals surface area contributed by atoms with E-state index in [2.05, 4.69) is 10.6 Å². The van der Waals surface area contributed by atoms with Crippen molar-refractivity contribution in [3.05, 3.63) is 0 Å². The molecule has 0 aromatic heterocycles. The smallest absolute Gasteiger partial charge is 0.220 e. The zero-order valence-electron chi connectivity index (χ0n) is 11.1. The highest BCUT2D eigenvalue weighted by Crippen LogP contribution is 2.05. The van der Waals surface area contributed by atoms with Crippen molar-refractivity contribution in [1.82, 2.24) is 14.9 Å². The fourth-order valence-electron chi connectivity index (χ4n) is 2.05. The zero-order valence-corrected chi connectivity index (χ0v) is 11.9. The second-order valence-corrected chi connectivity index (χ2v) is 6.60. The molecule has 106 valence electrons. The minimum Gasteiger partial charge on any atom is -0.352 e. The van der Waals surface area contributed by atoms with Crippen LogP contribution in [0.15, 0.2) is 0 Å². The van der Waals surface area contributed by atoms with Crippen LogP contribution in [0.2, 0.25) is 0 Å². The highest BCUT2D eigenvalue weighted by molar-refractivity contribution is 7.88. The summed E-state index contributed by atoms with van der Waals surface area (Å²) in [7, 11) is -3.08. The van der Waals surface area contributed by atoms with Gasteiger partial charge in [0.05, 0.1) is 6.26 Å². The summed E-state index contributed by atoms with van der Waals surface area (Å²) >= 11 is 0. The third kappa shape index (κ3) is 5.32. The molecule has 1 rings (SSSR count). The van der Waals surface area contributed by atoms with Crippen molar-refractivity contribution in [3.8, 4) is 0 Å². The SMILES string of the molecule is CCN(CCCNCC1CCC(=O)N1)S(C)(=O)=O. The van der Waals surface area contributed by atoms with Gasteiger partial charge in [-0.25, -0.2) is 12.7 Å². The van der Waals surface area contributed by atoms with Crippen molar-refractivity contribution in [2.75, 3.05) is 32.4 Å². The molecule has 1 aliphatic heterocycles. The Hall–Kier alpha value is -0.660. The number of carbonyl (C=O) groups excluding carboxylic acids is 1. The summed E-state index contributed by atoms with van der Waals surface area (Å²) in [6, 6.07) is 0.231. The average Bonchev–Trinajstić information content (AvgIpc) is 2.67. The molecule has 18 heavy (non-hydrogen) atoms. The summed E-state index contributed by atoms with van der Waals surface area (Å²) < 4.78 is 24.1. The maximum atomic E-state index is 11.3. The third-order valence-electron chi connectivity index (χ3n) is 3.06. The van der Waals surface area contributed by atoms with Gasteiger partial charge < -0.3 is 10.6 Å². The molecule has 0 aromatic rings. The van der Waals surface area contributed by atoms with Crippen molar-refractivity contribution < 1.29 is 13.2 Å². The Morgan fingerprint density at radius 3 is 2.72 bits per heavy atom. The molecule has 1 aliphatic rings. The Kier molecular flexibility index (Phi) is 6.04. The quantitative estimate of drug-likeness (QED) is 0.588. The lowest BCUT2D eigenvalue weighted by atomic mass is 10.2. The number of nitrogens with zero attached hydrogens (tertiary/aromatic N) is 1. The predicted octanol–water partition coefficient (Wildman–Crippen LogP) is -0.474. The van der Waals surface area contributed by atoms with Gasteiger partial charge in [-0.15, -0.1) is 0 Å². The molecule has 1 fully saturated rings. The molecule has 1 atom stereocenters. The van der Waals surface area contributed by atoms with Gasteiger partial charge in [0.15, 0.2) is 0 Å². The Morgan fingerprint density at radius 2 is 2.22 bits per heavy atom. The molecule has 0 aromatic carbocycles. The van der Waals surface area contributed by atoms with Crippen molar-refractivity contribution in [2.24, 2.45) is 0 Å². The number of carbonyl (C=O) groups is 1. The standard InChI is InChI=1S/C11H23N3O3S/c1-3-14(18(2,16)17)8-4-7-12-9-10-5-6-11(15)13-10/h10,12H,3-9H2,1-2H3,(H,13,15). The lowest BCUT2D eigenvalue weighted by molar-refractivity contribution is -0.119. The van der Waals surface area contributed by atoms with E-state index in [0.717, 1.165) is 25.9 Å². The molecule has 0 saturated carbocycles. The number of rotatable bonds is 8. The van der Waals surface area contributed by atoms with Crippen LogP contribution in [0.1, 0.15) is 26.2 Å². The summed E-state index contributed by atoms with van der Waals surface area (Å²) in [4.78, 5) is 11.0. The first-order valence-corrected chi connectivity index (χ1v) is 8.23. The third-order valence-corrected chi connectivity index (χ3v) is 4.44.